The Balaban J connectivity index is 2.14. The summed E-state index contributed by atoms with van der Waals surface area (Å²) in [6, 6.07) is 4.50. The van der Waals surface area contributed by atoms with Crippen LogP contribution in [0.3, 0.4) is 0 Å². The third-order valence-corrected chi connectivity index (χ3v) is 3.18. The molecule has 1 aromatic rings. The largest absolute Gasteiger partial charge is 0.478 e. The molecule has 16 heavy (non-hydrogen) atoms. The van der Waals surface area contributed by atoms with Crippen molar-refractivity contribution < 1.29 is 9.90 Å². The Morgan fingerprint density at radius 2 is 2.12 bits per heavy atom. The summed E-state index contributed by atoms with van der Waals surface area (Å²) in [5, 5.41) is 8.62. The fourth-order valence-electron chi connectivity index (χ4n) is 2.40. The summed E-state index contributed by atoms with van der Waals surface area (Å²) in [7, 11) is 0. The first-order chi connectivity index (χ1) is 7.77. The SMILES string of the molecule is O=C(O)/C=C/c1cccn1C1CCCCC1. The van der Waals surface area contributed by atoms with Crippen molar-refractivity contribution in [3.05, 3.63) is 30.1 Å². The van der Waals surface area contributed by atoms with Gasteiger partial charge in [-0.15, -0.1) is 0 Å². The number of hydrogen-bond donors (Lipinski definition) is 1. The number of rotatable bonds is 3. The highest BCUT2D eigenvalue weighted by Gasteiger charge is 2.15. The quantitative estimate of drug-likeness (QED) is 0.794. The summed E-state index contributed by atoms with van der Waals surface area (Å²) in [4.78, 5) is 10.5. The van der Waals surface area contributed by atoms with Gasteiger partial charge in [-0.25, -0.2) is 4.79 Å². The summed E-state index contributed by atoms with van der Waals surface area (Å²) in [6.45, 7) is 0. The van der Waals surface area contributed by atoms with E-state index in [4.69, 9.17) is 5.11 Å². The van der Waals surface area contributed by atoms with Crippen LogP contribution < -0.4 is 0 Å². The Labute approximate surface area is 95.4 Å². The second-order valence-electron chi connectivity index (χ2n) is 4.30. The molecule has 1 fully saturated rings. The van der Waals surface area contributed by atoms with E-state index in [1.54, 1.807) is 6.08 Å². The normalized spacial score (nSPS) is 18.0. The lowest BCUT2D eigenvalue weighted by Gasteiger charge is -2.24. The molecule has 0 atom stereocenters. The van der Waals surface area contributed by atoms with Gasteiger partial charge in [0.25, 0.3) is 0 Å². The van der Waals surface area contributed by atoms with Crippen molar-refractivity contribution >= 4 is 12.0 Å². The first-order valence-electron chi connectivity index (χ1n) is 5.85. The molecular weight excluding hydrogens is 202 g/mol. The van der Waals surface area contributed by atoms with E-state index in [0.717, 1.165) is 5.69 Å². The van der Waals surface area contributed by atoms with Crippen LogP contribution in [0, 0.1) is 0 Å². The Morgan fingerprint density at radius 1 is 1.38 bits per heavy atom. The summed E-state index contributed by atoms with van der Waals surface area (Å²) < 4.78 is 2.21. The van der Waals surface area contributed by atoms with Crippen LogP contribution >= 0.6 is 0 Å². The van der Waals surface area contributed by atoms with Crippen molar-refractivity contribution in [3.63, 3.8) is 0 Å². The van der Waals surface area contributed by atoms with Gasteiger partial charge in [-0.1, -0.05) is 19.3 Å². The van der Waals surface area contributed by atoms with E-state index in [-0.39, 0.29) is 0 Å². The van der Waals surface area contributed by atoms with Crippen LogP contribution in [0.4, 0.5) is 0 Å². The molecule has 1 aliphatic carbocycles. The van der Waals surface area contributed by atoms with E-state index in [0.29, 0.717) is 6.04 Å². The fourth-order valence-corrected chi connectivity index (χ4v) is 2.40. The molecule has 1 aliphatic rings. The third kappa shape index (κ3) is 2.54. The summed E-state index contributed by atoms with van der Waals surface area (Å²) in [5.41, 5.74) is 0.995. The number of carboxylic acid groups (broad SMARTS) is 1. The number of aliphatic carboxylic acids is 1. The van der Waals surface area contributed by atoms with E-state index < -0.39 is 5.97 Å². The summed E-state index contributed by atoms with van der Waals surface area (Å²) in [5.74, 6) is -0.892. The Morgan fingerprint density at radius 3 is 2.81 bits per heavy atom. The van der Waals surface area contributed by atoms with E-state index in [1.807, 2.05) is 12.1 Å². The van der Waals surface area contributed by atoms with Gasteiger partial charge in [0.15, 0.2) is 0 Å². The van der Waals surface area contributed by atoms with E-state index >= 15 is 0 Å². The standard InChI is InChI=1S/C13H17NO2/c15-13(16)9-8-12-7-4-10-14(12)11-5-2-1-3-6-11/h4,7-11H,1-3,5-6H2,(H,15,16)/b9-8+. The molecule has 1 heterocycles. The van der Waals surface area contributed by atoms with Crippen molar-refractivity contribution in [2.45, 2.75) is 38.1 Å². The minimum Gasteiger partial charge on any atom is -0.478 e. The van der Waals surface area contributed by atoms with Gasteiger partial charge in [-0.3, -0.25) is 0 Å². The second-order valence-corrected chi connectivity index (χ2v) is 4.30. The zero-order valence-corrected chi connectivity index (χ0v) is 9.30. The number of nitrogens with zero attached hydrogens (tertiary/aromatic N) is 1. The predicted octanol–water partition coefficient (Wildman–Crippen LogP) is 3.09. The lowest BCUT2D eigenvalue weighted by Crippen LogP contribution is -2.12. The lowest BCUT2D eigenvalue weighted by atomic mass is 9.95. The van der Waals surface area contributed by atoms with Crippen LogP contribution in [0.2, 0.25) is 0 Å². The van der Waals surface area contributed by atoms with Crippen LogP contribution in [-0.4, -0.2) is 15.6 Å². The first kappa shape index (κ1) is 11.0. The van der Waals surface area contributed by atoms with Crippen LogP contribution in [-0.2, 0) is 4.79 Å². The van der Waals surface area contributed by atoms with Gasteiger partial charge in [0.1, 0.15) is 0 Å². The Kier molecular flexibility index (Phi) is 3.44. The summed E-state index contributed by atoms with van der Waals surface area (Å²) in [6.07, 6.45) is 11.3. The lowest BCUT2D eigenvalue weighted by molar-refractivity contribution is -0.131. The molecule has 3 nitrogen and oxygen atoms in total. The molecule has 3 heteroatoms. The third-order valence-electron chi connectivity index (χ3n) is 3.18. The smallest absolute Gasteiger partial charge is 0.328 e. The van der Waals surface area contributed by atoms with Gasteiger partial charge < -0.3 is 9.67 Å². The van der Waals surface area contributed by atoms with Crippen LogP contribution in [0.25, 0.3) is 6.08 Å². The van der Waals surface area contributed by atoms with E-state index in [9.17, 15) is 4.79 Å². The van der Waals surface area contributed by atoms with Gasteiger partial charge in [0.05, 0.1) is 0 Å². The van der Waals surface area contributed by atoms with Gasteiger partial charge >= 0.3 is 5.97 Å². The highest BCUT2D eigenvalue weighted by molar-refractivity contribution is 5.84. The van der Waals surface area contributed by atoms with E-state index in [2.05, 4.69) is 10.8 Å². The zero-order chi connectivity index (χ0) is 11.4. The minimum absolute atomic E-state index is 0.553. The molecule has 0 bridgehead atoms. The molecule has 0 aliphatic heterocycles. The van der Waals surface area contributed by atoms with Gasteiger partial charge in [-0.05, 0) is 31.1 Å². The average molecular weight is 219 g/mol. The maximum atomic E-state index is 10.5. The van der Waals surface area contributed by atoms with Crippen molar-refractivity contribution in [1.82, 2.24) is 4.57 Å². The zero-order valence-electron chi connectivity index (χ0n) is 9.30. The highest BCUT2D eigenvalue weighted by Crippen LogP contribution is 2.29. The van der Waals surface area contributed by atoms with Gasteiger partial charge in [0, 0.05) is 24.0 Å². The molecule has 2 rings (SSSR count). The van der Waals surface area contributed by atoms with Crippen molar-refractivity contribution in [3.8, 4) is 0 Å². The second kappa shape index (κ2) is 5.01. The van der Waals surface area contributed by atoms with Gasteiger partial charge in [0.2, 0.25) is 0 Å². The Hall–Kier alpha value is -1.51. The van der Waals surface area contributed by atoms with Crippen LogP contribution in [0.1, 0.15) is 43.8 Å². The molecule has 1 N–H and O–H groups in total. The number of aromatic nitrogens is 1. The summed E-state index contributed by atoms with van der Waals surface area (Å²) >= 11 is 0. The maximum absolute atomic E-state index is 10.5. The first-order valence-corrected chi connectivity index (χ1v) is 5.85. The molecule has 0 amide bonds. The molecule has 0 spiro atoms. The van der Waals surface area contributed by atoms with Gasteiger partial charge in [-0.2, -0.15) is 0 Å². The fraction of sp³-hybridized carbons (Fsp3) is 0.462. The topological polar surface area (TPSA) is 42.2 Å². The van der Waals surface area contributed by atoms with Crippen molar-refractivity contribution in [2.24, 2.45) is 0 Å². The molecule has 86 valence electrons. The molecule has 0 saturated heterocycles. The Bertz CT molecular complexity index is 386. The molecule has 1 aromatic heterocycles. The molecule has 0 radical (unpaired) electrons. The predicted molar refractivity (Wildman–Crippen MR) is 63.2 cm³/mol. The average Bonchev–Trinajstić information content (AvgIpc) is 2.75. The van der Waals surface area contributed by atoms with Crippen molar-refractivity contribution in [1.29, 1.82) is 0 Å². The molecule has 0 aromatic carbocycles. The number of carbonyl (C=O) groups is 1. The van der Waals surface area contributed by atoms with Crippen LogP contribution in [0.5, 0.6) is 0 Å². The number of hydrogen-bond acceptors (Lipinski definition) is 1. The molecule has 0 unspecified atom stereocenters. The monoisotopic (exact) mass is 219 g/mol. The highest BCUT2D eigenvalue weighted by atomic mass is 16.4. The van der Waals surface area contributed by atoms with Crippen LogP contribution in [0.15, 0.2) is 24.4 Å². The molecular formula is C13H17NO2. The van der Waals surface area contributed by atoms with E-state index in [1.165, 1.54) is 38.2 Å². The minimum atomic E-state index is -0.892. The number of carboxylic acids is 1. The van der Waals surface area contributed by atoms with Crippen molar-refractivity contribution in [2.75, 3.05) is 0 Å². The maximum Gasteiger partial charge on any atom is 0.328 e. The molecule has 1 saturated carbocycles.